The van der Waals surface area contributed by atoms with Gasteiger partial charge < -0.3 is 16.0 Å². The van der Waals surface area contributed by atoms with Gasteiger partial charge in [-0.2, -0.15) is 0 Å². The summed E-state index contributed by atoms with van der Waals surface area (Å²) in [4.78, 5) is 40.5. The number of allylic oxidation sites excluding steroid dienone is 1. The quantitative estimate of drug-likeness (QED) is 0.500. The highest BCUT2D eigenvalue weighted by molar-refractivity contribution is 7.91. The predicted octanol–water partition coefficient (Wildman–Crippen LogP) is 0.730. The van der Waals surface area contributed by atoms with Crippen LogP contribution < -0.4 is 15.8 Å². The summed E-state index contributed by atoms with van der Waals surface area (Å²) in [6, 6.07) is -1.32. The van der Waals surface area contributed by atoms with Crippen LogP contribution in [0.15, 0.2) is 12.2 Å². The van der Waals surface area contributed by atoms with Gasteiger partial charge >= 0.3 is 0 Å². The molecule has 4 rings (SSSR count). The number of carbonyl (C=O) groups is 3. The minimum atomic E-state index is -3.72. The number of amides is 3. The molecule has 1 saturated heterocycles. The third-order valence-corrected chi connectivity index (χ3v) is 8.69. The number of hydrogen-bond acceptors (Lipinski definition) is 6. The fraction of sp³-hybridized carbons (Fsp3) is 0.762. The largest absolute Gasteiger partial charge is 0.339 e. The van der Waals surface area contributed by atoms with E-state index in [2.05, 4.69) is 10.0 Å². The molecule has 0 spiro atoms. The third-order valence-electron chi connectivity index (χ3n) is 6.87. The van der Waals surface area contributed by atoms with Crippen LogP contribution >= 0.6 is 12.4 Å². The zero-order valence-electron chi connectivity index (χ0n) is 18.1. The molecule has 9 nitrogen and oxygen atoms in total. The average molecular weight is 489 g/mol. The van der Waals surface area contributed by atoms with E-state index < -0.39 is 44.7 Å². The zero-order valence-corrected chi connectivity index (χ0v) is 19.8. The molecule has 11 heteroatoms. The molecular formula is C21H33ClN4O5S. The van der Waals surface area contributed by atoms with E-state index in [0.29, 0.717) is 45.1 Å². The number of carbonyl (C=O) groups excluding carboxylic acids is 3. The maximum absolute atomic E-state index is 13.1. The Morgan fingerprint density at radius 2 is 1.88 bits per heavy atom. The van der Waals surface area contributed by atoms with Crippen LogP contribution in [-0.2, 0) is 24.4 Å². The first-order chi connectivity index (χ1) is 14.7. The topological polar surface area (TPSA) is 139 Å². The molecule has 3 fully saturated rings. The normalized spacial score (nSPS) is 34.7. The van der Waals surface area contributed by atoms with E-state index in [9.17, 15) is 22.8 Å². The van der Waals surface area contributed by atoms with Crippen LogP contribution in [0, 0.1) is 5.92 Å². The molecule has 3 amide bonds. The van der Waals surface area contributed by atoms with Gasteiger partial charge in [0.15, 0.2) is 0 Å². The van der Waals surface area contributed by atoms with E-state index in [1.807, 2.05) is 12.2 Å². The van der Waals surface area contributed by atoms with Crippen molar-refractivity contribution in [1.82, 2.24) is 14.9 Å². The molecule has 32 heavy (non-hydrogen) atoms. The molecule has 4 atom stereocenters. The maximum atomic E-state index is 13.1. The van der Waals surface area contributed by atoms with Gasteiger partial charge in [-0.05, 0) is 51.4 Å². The molecule has 2 saturated carbocycles. The molecule has 2 aliphatic heterocycles. The molecule has 0 bridgehead atoms. The highest BCUT2D eigenvalue weighted by atomic mass is 35.5. The van der Waals surface area contributed by atoms with E-state index in [1.54, 1.807) is 0 Å². The minimum absolute atomic E-state index is 0. The minimum Gasteiger partial charge on any atom is -0.339 e. The number of sulfonamides is 1. The highest BCUT2D eigenvalue weighted by Crippen LogP contribution is 2.46. The van der Waals surface area contributed by atoms with Crippen LogP contribution in [-0.4, -0.2) is 60.5 Å². The molecule has 2 heterocycles. The Hall–Kier alpha value is -1.65. The lowest BCUT2D eigenvalue weighted by Crippen LogP contribution is -2.57. The summed E-state index contributed by atoms with van der Waals surface area (Å²) in [5.41, 5.74) is 4.82. The van der Waals surface area contributed by atoms with Crippen molar-refractivity contribution in [3.05, 3.63) is 12.2 Å². The van der Waals surface area contributed by atoms with Crippen LogP contribution in [0.1, 0.15) is 64.2 Å². The van der Waals surface area contributed by atoms with Gasteiger partial charge in [-0.15, -0.1) is 12.4 Å². The smallest absolute Gasteiger partial charge is 0.259 e. The van der Waals surface area contributed by atoms with Crippen molar-refractivity contribution in [2.75, 3.05) is 6.54 Å². The molecule has 0 aromatic heterocycles. The van der Waals surface area contributed by atoms with Crippen molar-refractivity contribution >= 4 is 40.2 Å². The molecule has 180 valence electrons. The van der Waals surface area contributed by atoms with Crippen molar-refractivity contribution in [1.29, 1.82) is 0 Å². The number of nitrogens with one attached hydrogen (secondary N) is 2. The number of rotatable bonds is 3. The summed E-state index contributed by atoms with van der Waals surface area (Å²) in [7, 11) is -3.72. The van der Waals surface area contributed by atoms with Crippen molar-refractivity contribution < 1.29 is 22.8 Å². The molecule has 0 aromatic rings. The number of halogens is 1. The van der Waals surface area contributed by atoms with Gasteiger partial charge in [0.05, 0.1) is 11.3 Å². The van der Waals surface area contributed by atoms with Gasteiger partial charge in [0.1, 0.15) is 11.6 Å². The molecular weight excluding hydrogens is 456 g/mol. The van der Waals surface area contributed by atoms with Crippen LogP contribution in [0.25, 0.3) is 0 Å². The second kappa shape index (κ2) is 9.69. The SMILES string of the molecule is Cl.NC1CCCCC/C=C\C2CC2(C(=O)NS(=O)(=O)C2CC2)NC(=O)C2CCCN2C1=O. The monoisotopic (exact) mass is 488 g/mol. The van der Waals surface area contributed by atoms with E-state index in [-0.39, 0.29) is 24.2 Å². The average Bonchev–Trinajstić information content (AvgIpc) is 3.63. The lowest BCUT2D eigenvalue weighted by molar-refractivity contribution is -0.140. The van der Waals surface area contributed by atoms with Crippen LogP contribution in [0.2, 0.25) is 0 Å². The lowest BCUT2D eigenvalue weighted by Gasteiger charge is -2.28. The van der Waals surface area contributed by atoms with E-state index in [4.69, 9.17) is 5.73 Å². The van der Waals surface area contributed by atoms with Crippen molar-refractivity contribution in [2.45, 2.75) is 87.1 Å². The molecule has 4 aliphatic rings. The van der Waals surface area contributed by atoms with Crippen LogP contribution in [0.5, 0.6) is 0 Å². The fourth-order valence-corrected chi connectivity index (χ4v) is 6.03. The molecule has 4 N–H and O–H groups in total. The van der Waals surface area contributed by atoms with Crippen molar-refractivity contribution in [3.63, 3.8) is 0 Å². The van der Waals surface area contributed by atoms with Gasteiger partial charge in [0.2, 0.25) is 21.8 Å². The third kappa shape index (κ3) is 5.12. The van der Waals surface area contributed by atoms with Crippen molar-refractivity contribution in [3.8, 4) is 0 Å². The first-order valence-electron chi connectivity index (χ1n) is 11.4. The predicted molar refractivity (Wildman–Crippen MR) is 121 cm³/mol. The zero-order chi connectivity index (χ0) is 22.2. The van der Waals surface area contributed by atoms with Crippen LogP contribution in [0.3, 0.4) is 0 Å². The van der Waals surface area contributed by atoms with E-state index in [0.717, 1.165) is 25.7 Å². The van der Waals surface area contributed by atoms with Gasteiger partial charge in [0.25, 0.3) is 5.91 Å². The number of hydrogen-bond donors (Lipinski definition) is 3. The summed E-state index contributed by atoms with van der Waals surface area (Å²) in [6.45, 7) is 0.462. The standard InChI is InChI=1S/C21H32N4O5S.ClH/c22-16-8-5-3-1-2-4-7-14-13-21(14,20(28)24-31(29,30)15-10-11-15)23-18(26)17-9-6-12-25(17)19(16)27;/h4,7,14-17H,1-3,5-6,8-13,22H2,(H,23,26)(H,24,28);1H/b7-4-;. The number of nitrogens with zero attached hydrogens (tertiary/aromatic N) is 1. The first-order valence-corrected chi connectivity index (χ1v) is 12.9. The Balaban J connectivity index is 0.00000289. The maximum Gasteiger partial charge on any atom is 0.259 e. The van der Waals surface area contributed by atoms with Gasteiger partial charge in [-0.25, -0.2) is 8.42 Å². The second-order valence-electron chi connectivity index (χ2n) is 9.31. The first kappa shape index (κ1) is 25.0. The summed E-state index contributed by atoms with van der Waals surface area (Å²) < 4.78 is 26.8. The van der Waals surface area contributed by atoms with E-state index >= 15 is 0 Å². The summed E-state index contributed by atoms with van der Waals surface area (Å²) in [5, 5.41) is 2.30. The van der Waals surface area contributed by atoms with E-state index in [1.165, 1.54) is 4.90 Å². The summed E-state index contributed by atoms with van der Waals surface area (Å²) >= 11 is 0. The number of nitrogens with two attached hydrogens (primary N) is 1. The fourth-order valence-electron chi connectivity index (χ4n) is 4.67. The molecule has 2 aliphatic carbocycles. The Bertz CT molecular complexity index is 891. The summed E-state index contributed by atoms with van der Waals surface area (Å²) in [6.07, 6.45) is 10.7. The number of fused-ring (bicyclic) bond motifs is 2. The molecule has 0 aromatic carbocycles. The van der Waals surface area contributed by atoms with Gasteiger partial charge in [-0.3, -0.25) is 19.1 Å². The second-order valence-corrected chi connectivity index (χ2v) is 11.3. The Kier molecular flexibility index (Phi) is 7.56. The Morgan fingerprint density at radius 1 is 1.12 bits per heavy atom. The molecule has 4 unspecified atom stereocenters. The Labute approximate surface area is 195 Å². The van der Waals surface area contributed by atoms with Gasteiger partial charge in [-0.1, -0.05) is 25.0 Å². The Morgan fingerprint density at radius 3 is 2.59 bits per heavy atom. The summed E-state index contributed by atoms with van der Waals surface area (Å²) in [5.74, 6) is -1.58. The van der Waals surface area contributed by atoms with Crippen LogP contribution in [0.4, 0.5) is 0 Å². The van der Waals surface area contributed by atoms with Crippen molar-refractivity contribution in [2.24, 2.45) is 11.7 Å². The lowest BCUT2D eigenvalue weighted by atomic mass is 10.1. The molecule has 0 radical (unpaired) electrons. The van der Waals surface area contributed by atoms with Gasteiger partial charge in [0, 0.05) is 12.5 Å². The highest BCUT2D eigenvalue weighted by Gasteiger charge is 2.61.